The topological polar surface area (TPSA) is 78.5 Å². The van der Waals surface area contributed by atoms with Crippen LogP contribution in [0.15, 0.2) is 50.5 Å². The van der Waals surface area contributed by atoms with E-state index in [-0.39, 0.29) is 11.1 Å². The normalized spacial score (nSPS) is 11.5. The lowest BCUT2D eigenvalue weighted by Crippen LogP contribution is -2.24. The first-order valence-corrected chi connectivity index (χ1v) is 11.0. The summed E-state index contributed by atoms with van der Waals surface area (Å²) in [6.07, 6.45) is 0.712. The molecule has 0 aliphatic rings. The highest BCUT2D eigenvalue weighted by molar-refractivity contribution is 7.98. The zero-order chi connectivity index (χ0) is 20.4. The van der Waals surface area contributed by atoms with Crippen molar-refractivity contribution in [3.8, 4) is 0 Å². The Morgan fingerprint density at radius 2 is 2.03 bits per heavy atom. The number of thiazole rings is 1. The molecular formula is C20H20N4O3S2. The number of aryl methyl sites for hydroxylation is 1. The monoisotopic (exact) mass is 428 g/mol. The van der Waals surface area contributed by atoms with E-state index < -0.39 is 0 Å². The lowest BCUT2D eigenvalue weighted by molar-refractivity contribution is 0.189. The third-order valence-corrected chi connectivity index (χ3v) is 6.49. The molecule has 29 heavy (non-hydrogen) atoms. The summed E-state index contributed by atoms with van der Waals surface area (Å²) in [5.41, 5.74) is 2.07. The van der Waals surface area contributed by atoms with Crippen molar-refractivity contribution < 1.29 is 4.74 Å². The van der Waals surface area contributed by atoms with E-state index in [9.17, 15) is 9.59 Å². The zero-order valence-electron chi connectivity index (χ0n) is 16.1. The maximum atomic E-state index is 13.0. The number of thioether (sulfide) groups is 1. The fourth-order valence-corrected chi connectivity index (χ4v) is 4.94. The highest BCUT2D eigenvalue weighted by atomic mass is 32.2. The fraction of sp³-hybridized carbons (Fsp3) is 0.300. The summed E-state index contributed by atoms with van der Waals surface area (Å²) in [6, 6.07) is 8.89. The Kier molecular flexibility index (Phi) is 5.79. The van der Waals surface area contributed by atoms with Gasteiger partial charge in [0.25, 0.3) is 11.1 Å². The molecule has 1 aromatic carbocycles. The van der Waals surface area contributed by atoms with Crippen LogP contribution in [0, 0.1) is 6.92 Å². The number of para-hydroxylation sites is 1. The summed E-state index contributed by atoms with van der Waals surface area (Å²) in [4.78, 5) is 35.3. The highest BCUT2D eigenvalue weighted by Crippen LogP contribution is 2.22. The Bertz CT molecular complexity index is 1290. The largest absolute Gasteiger partial charge is 0.385 e. The summed E-state index contributed by atoms with van der Waals surface area (Å²) in [5, 5.41) is 3.13. The number of fused-ring (bicyclic) bond motifs is 2. The van der Waals surface area contributed by atoms with Gasteiger partial charge in [0.1, 0.15) is 0 Å². The van der Waals surface area contributed by atoms with Crippen LogP contribution in [0.1, 0.15) is 17.8 Å². The van der Waals surface area contributed by atoms with Gasteiger partial charge in [0.15, 0.2) is 10.1 Å². The number of nitrogens with zero attached hydrogens (tertiary/aromatic N) is 4. The Morgan fingerprint density at radius 1 is 1.21 bits per heavy atom. The van der Waals surface area contributed by atoms with Crippen molar-refractivity contribution in [2.24, 2.45) is 0 Å². The van der Waals surface area contributed by atoms with Crippen molar-refractivity contribution in [3.63, 3.8) is 0 Å². The van der Waals surface area contributed by atoms with E-state index in [1.165, 1.54) is 23.1 Å². The van der Waals surface area contributed by atoms with E-state index in [1.54, 1.807) is 28.2 Å². The van der Waals surface area contributed by atoms with Crippen molar-refractivity contribution in [3.05, 3.63) is 67.8 Å². The summed E-state index contributed by atoms with van der Waals surface area (Å²) in [5.74, 6) is 0.456. The number of rotatable bonds is 7. The fourth-order valence-electron chi connectivity index (χ4n) is 3.14. The Labute approximate surface area is 175 Å². The first-order valence-electron chi connectivity index (χ1n) is 9.16. The van der Waals surface area contributed by atoms with Crippen molar-refractivity contribution in [2.45, 2.75) is 30.8 Å². The molecule has 0 aliphatic carbocycles. The molecule has 0 bridgehead atoms. The van der Waals surface area contributed by atoms with E-state index in [2.05, 4.69) is 4.98 Å². The van der Waals surface area contributed by atoms with Crippen molar-refractivity contribution in [2.75, 3.05) is 13.7 Å². The van der Waals surface area contributed by atoms with Gasteiger partial charge in [-0.15, -0.1) is 11.3 Å². The highest BCUT2D eigenvalue weighted by Gasteiger charge is 2.13. The number of hydrogen-bond donors (Lipinski definition) is 0. The Hall–Kier alpha value is -2.49. The summed E-state index contributed by atoms with van der Waals surface area (Å²) >= 11 is 2.86. The van der Waals surface area contributed by atoms with Gasteiger partial charge in [0, 0.05) is 43.2 Å². The number of hydrogen-bond acceptors (Lipinski definition) is 7. The first-order chi connectivity index (χ1) is 14.1. The van der Waals surface area contributed by atoms with Gasteiger partial charge >= 0.3 is 0 Å². The van der Waals surface area contributed by atoms with Gasteiger partial charge in [-0.1, -0.05) is 23.9 Å². The third-order valence-electron chi connectivity index (χ3n) is 4.53. The van der Waals surface area contributed by atoms with Gasteiger partial charge in [-0.25, -0.2) is 9.97 Å². The maximum Gasteiger partial charge on any atom is 0.262 e. The molecule has 0 radical (unpaired) electrons. The summed E-state index contributed by atoms with van der Waals surface area (Å²) < 4.78 is 8.42. The standard InChI is InChI=1S/C20H20N4O3S2/c1-13-11-28-20-21-14(10-17(25)24(13)20)12-29-19-22-16-7-4-3-6-15(16)18(26)23(19)8-5-9-27-2/h3-4,6-7,10-11H,5,8-9,12H2,1-2H3. The van der Waals surface area contributed by atoms with Crippen LogP contribution in [0.25, 0.3) is 15.9 Å². The minimum atomic E-state index is -0.0895. The summed E-state index contributed by atoms with van der Waals surface area (Å²) in [6.45, 7) is 2.97. The van der Waals surface area contributed by atoms with Crippen molar-refractivity contribution >= 4 is 39.0 Å². The number of ether oxygens (including phenoxy) is 1. The summed E-state index contributed by atoms with van der Waals surface area (Å²) in [7, 11) is 1.64. The average molecular weight is 429 g/mol. The predicted octanol–water partition coefficient (Wildman–Crippen LogP) is 3.10. The van der Waals surface area contributed by atoms with Crippen LogP contribution in [-0.2, 0) is 17.0 Å². The van der Waals surface area contributed by atoms with Crippen LogP contribution in [0.3, 0.4) is 0 Å². The molecule has 3 aromatic heterocycles. The first kappa shape index (κ1) is 19.8. The minimum absolute atomic E-state index is 0.0634. The molecule has 9 heteroatoms. The van der Waals surface area contributed by atoms with Crippen LogP contribution >= 0.6 is 23.1 Å². The molecule has 0 spiro atoms. The molecule has 0 saturated carbocycles. The van der Waals surface area contributed by atoms with Gasteiger partial charge in [-0.3, -0.25) is 18.6 Å². The second kappa shape index (κ2) is 8.48. The van der Waals surface area contributed by atoms with Crippen LogP contribution in [-0.4, -0.2) is 32.7 Å². The molecule has 0 atom stereocenters. The predicted molar refractivity (Wildman–Crippen MR) is 116 cm³/mol. The molecule has 0 unspecified atom stereocenters. The van der Waals surface area contributed by atoms with Gasteiger partial charge in [0.05, 0.1) is 16.6 Å². The Morgan fingerprint density at radius 3 is 2.86 bits per heavy atom. The van der Waals surface area contributed by atoms with Gasteiger partial charge in [-0.2, -0.15) is 0 Å². The number of methoxy groups -OCH3 is 1. The lowest BCUT2D eigenvalue weighted by atomic mass is 10.2. The molecule has 0 amide bonds. The second-order valence-electron chi connectivity index (χ2n) is 6.58. The molecule has 7 nitrogen and oxygen atoms in total. The molecular weight excluding hydrogens is 408 g/mol. The molecule has 0 aliphatic heterocycles. The van der Waals surface area contributed by atoms with Crippen LogP contribution in [0.2, 0.25) is 0 Å². The lowest BCUT2D eigenvalue weighted by Gasteiger charge is -2.13. The van der Waals surface area contributed by atoms with Gasteiger partial charge in [0.2, 0.25) is 0 Å². The number of aromatic nitrogens is 4. The molecule has 150 valence electrons. The van der Waals surface area contributed by atoms with E-state index in [4.69, 9.17) is 9.72 Å². The van der Waals surface area contributed by atoms with Crippen LogP contribution < -0.4 is 11.1 Å². The van der Waals surface area contributed by atoms with E-state index in [0.717, 1.165) is 5.69 Å². The van der Waals surface area contributed by atoms with Crippen LogP contribution in [0.4, 0.5) is 0 Å². The van der Waals surface area contributed by atoms with Crippen molar-refractivity contribution in [1.82, 2.24) is 18.9 Å². The van der Waals surface area contributed by atoms with E-state index >= 15 is 0 Å². The molecule has 0 fully saturated rings. The van der Waals surface area contributed by atoms with Gasteiger partial charge < -0.3 is 4.74 Å². The zero-order valence-corrected chi connectivity index (χ0v) is 17.8. The maximum absolute atomic E-state index is 13.0. The minimum Gasteiger partial charge on any atom is -0.385 e. The SMILES string of the molecule is COCCCn1c(SCc2cc(=O)n3c(C)csc3n2)nc2ccccc2c1=O. The van der Waals surface area contributed by atoms with E-state index in [0.29, 0.717) is 52.0 Å². The Balaban J connectivity index is 1.68. The molecule has 0 saturated heterocycles. The quantitative estimate of drug-likeness (QED) is 0.256. The third kappa shape index (κ3) is 3.98. The smallest absolute Gasteiger partial charge is 0.262 e. The van der Waals surface area contributed by atoms with Crippen molar-refractivity contribution in [1.29, 1.82) is 0 Å². The molecule has 3 heterocycles. The van der Waals surface area contributed by atoms with Gasteiger partial charge in [-0.05, 0) is 25.5 Å². The average Bonchev–Trinajstić information content (AvgIpc) is 3.09. The molecule has 4 rings (SSSR count). The molecule has 0 N–H and O–H groups in total. The molecule has 4 aromatic rings. The second-order valence-corrected chi connectivity index (χ2v) is 8.36. The number of benzene rings is 1. The van der Waals surface area contributed by atoms with Crippen LogP contribution in [0.5, 0.6) is 0 Å². The van der Waals surface area contributed by atoms with E-state index in [1.807, 2.05) is 30.5 Å².